The predicted octanol–water partition coefficient (Wildman–Crippen LogP) is 3.59. The van der Waals surface area contributed by atoms with E-state index in [2.05, 4.69) is 52.3 Å². The first-order valence-corrected chi connectivity index (χ1v) is 7.95. The van der Waals surface area contributed by atoms with Crippen molar-refractivity contribution in [2.45, 2.75) is 45.3 Å². The topological polar surface area (TPSA) is 9.23 Å². The molecule has 1 nitrogen and oxygen atoms in total. The van der Waals surface area contributed by atoms with E-state index in [0.717, 1.165) is 13.0 Å². The van der Waals surface area contributed by atoms with Crippen LogP contribution in [-0.2, 0) is 4.43 Å². The Morgan fingerprint density at radius 1 is 1.36 bits per heavy atom. The van der Waals surface area contributed by atoms with Crippen molar-refractivity contribution >= 4 is 8.32 Å². The summed E-state index contributed by atoms with van der Waals surface area (Å²) >= 11 is 0. The van der Waals surface area contributed by atoms with Gasteiger partial charge in [-0.05, 0) is 24.2 Å². The SMILES string of the molecule is C=CC#CCCO[Si](C)(C)C(C)(C)C. The van der Waals surface area contributed by atoms with Gasteiger partial charge in [0.2, 0.25) is 0 Å². The molecule has 0 bridgehead atoms. The van der Waals surface area contributed by atoms with Crippen LogP contribution in [0.2, 0.25) is 18.1 Å². The Morgan fingerprint density at radius 3 is 2.36 bits per heavy atom. The Labute approximate surface area is 89.7 Å². The first-order chi connectivity index (χ1) is 6.31. The molecule has 0 aliphatic carbocycles. The largest absolute Gasteiger partial charge is 0.416 e. The van der Waals surface area contributed by atoms with Crippen LogP contribution in [0.15, 0.2) is 12.7 Å². The molecule has 2 heteroatoms. The molecule has 0 rings (SSSR count). The first-order valence-electron chi connectivity index (χ1n) is 5.04. The van der Waals surface area contributed by atoms with E-state index in [1.54, 1.807) is 6.08 Å². The van der Waals surface area contributed by atoms with Crippen molar-refractivity contribution in [2.24, 2.45) is 0 Å². The van der Waals surface area contributed by atoms with Crippen molar-refractivity contribution in [1.82, 2.24) is 0 Å². The Balaban J connectivity index is 3.95. The van der Waals surface area contributed by atoms with Gasteiger partial charge in [0.25, 0.3) is 0 Å². The number of allylic oxidation sites excluding steroid dienone is 1. The summed E-state index contributed by atoms with van der Waals surface area (Å²) < 4.78 is 5.94. The van der Waals surface area contributed by atoms with Crippen LogP contribution >= 0.6 is 0 Å². The minimum atomic E-state index is -1.56. The van der Waals surface area contributed by atoms with Gasteiger partial charge < -0.3 is 4.43 Å². The van der Waals surface area contributed by atoms with E-state index in [9.17, 15) is 0 Å². The number of hydrogen-bond donors (Lipinski definition) is 0. The molecule has 0 N–H and O–H groups in total. The van der Waals surface area contributed by atoms with Crippen LogP contribution < -0.4 is 0 Å². The molecule has 80 valence electrons. The van der Waals surface area contributed by atoms with Gasteiger partial charge in [-0.3, -0.25) is 0 Å². The van der Waals surface area contributed by atoms with Crippen LogP contribution in [0.1, 0.15) is 27.2 Å². The van der Waals surface area contributed by atoms with Gasteiger partial charge in [-0.25, -0.2) is 0 Å². The second-order valence-corrected chi connectivity index (χ2v) is 9.69. The molecule has 0 saturated carbocycles. The summed E-state index contributed by atoms with van der Waals surface area (Å²) in [5.41, 5.74) is 0. The van der Waals surface area contributed by atoms with Crippen LogP contribution in [0.3, 0.4) is 0 Å². The lowest BCUT2D eigenvalue weighted by molar-refractivity contribution is 0.296. The molecule has 0 aromatic rings. The molecule has 0 atom stereocenters. The lowest BCUT2D eigenvalue weighted by Crippen LogP contribution is -2.40. The average molecular weight is 210 g/mol. The molecular weight excluding hydrogens is 188 g/mol. The van der Waals surface area contributed by atoms with E-state index in [-0.39, 0.29) is 0 Å². The molecule has 0 aliphatic rings. The maximum Gasteiger partial charge on any atom is 0.192 e. The summed E-state index contributed by atoms with van der Waals surface area (Å²) in [6.45, 7) is 15.5. The Bertz CT molecular complexity index is 237. The third-order valence-corrected chi connectivity index (χ3v) is 7.24. The highest BCUT2D eigenvalue weighted by Crippen LogP contribution is 2.36. The van der Waals surface area contributed by atoms with Gasteiger partial charge in [-0.15, -0.1) is 0 Å². The molecular formula is C12H22OSi. The van der Waals surface area contributed by atoms with Crippen molar-refractivity contribution in [1.29, 1.82) is 0 Å². The highest BCUT2D eigenvalue weighted by atomic mass is 28.4. The highest BCUT2D eigenvalue weighted by Gasteiger charge is 2.36. The zero-order valence-corrected chi connectivity index (χ0v) is 11.1. The Hall–Kier alpha value is -0.523. The summed E-state index contributed by atoms with van der Waals surface area (Å²) in [4.78, 5) is 0. The summed E-state index contributed by atoms with van der Waals surface area (Å²) in [5, 5.41) is 0.291. The van der Waals surface area contributed by atoms with Crippen LogP contribution in [0.25, 0.3) is 0 Å². The maximum atomic E-state index is 5.94. The fourth-order valence-electron chi connectivity index (χ4n) is 0.718. The average Bonchev–Trinajstić information content (AvgIpc) is 2.02. The van der Waals surface area contributed by atoms with Crippen molar-refractivity contribution in [2.75, 3.05) is 6.61 Å². The maximum absolute atomic E-state index is 5.94. The molecule has 0 amide bonds. The highest BCUT2D eigenvalue weighted by molar-refractivity contribution is 6.74. The smallest absolute Gasteiger partial charge is 0.192 e. The lowest BCUT2D eigenvalue weighted by Gasteiger charge is -2.35. The molecule has 0 fully saturated rings. The summed E-state index contributed by atoms with van der Waals surface area (Å²) in [6.07, 6.45) is 2.42. The summed E-state index contributed by atoms with van der Waals surface area (Å²) in [5.74, 6) is 5.81. The van der Waals surface area contributed by atoms with E-state index in [1.165, 1.54) is 0 Å². The fraction of sp³-hybridized carbons (Fsp3) is 0.667. The molecule has 0 aromatic heterocycles. The quantitative estimate of drug-likeness (QED) is 0.393. The van der Waals surface area contributed by atoms with Gasteiger partial charge in [-0.1, -0.05) is 39.2 Å². The molecule has 0 heterocycles. The van der Waals surface area contributed by atoms with Crippen molar-refractivity contribution < 1.29 is 4.43 Å². The molecule has 0 aromatic carbocycles. The fourth-order valence-corrected chi connectivity index (χ4v) is 1.76. The summed E-state index contributed by atoms with van der Waals surface area (Å²) in [7, 11) is -1.56. The molecule has 14 heavy (non-hydrogen) atoms. The van der Waals surface area contributed by atoms with E-state index in [1.807, 2.05) is 0 Å². The van der Waals surface area contributed by atoms with Gasteiger partial charge in [0.05, 0.1) is 0 Å². The van der Waals surface area contributed by atoms with Crippen LogP contribution in [0.4, 0.5) is 0 Å². The minimum absolute atomic E-state index is 0.291. The van der Waals surface area contributed by atoms with Gasteiger partial charge in [0, 0.05) is 13.0 Å². The summed E-state index contributed by atoms with van der Waals surface area (Å²) in [6, 6.07) is 0. The first kappa shape index (κ1) is 13.5. The Kier molecular flexibility index (Phi) is 5.18. The van der Waals surface area contributed by atoms with Gasteiger partial charge in [-0.2, -0.15) is 0 Å². The zero-order chi connectivity index (χ0) is 11.2. The standard InChI is InChI=1S/C12H22OSi/c1-7-8-9-10-11-13-14(5,6)12(2,3)4/h7H,1,10-11H2,2-6H3. The van der Waals surface area contributed by atoms with Crippen molar-refractivity contribution in [3.05, 3.63) is 12.7 Å². The second-order valence-electron chi connectivity index (χ2n) is 4.88. The van der Waals surface area contributed by atoms with Crippen LogP contribution in [0, 0.1) is 11.8 Å². The predicted molar refractivity (Wildman–Crippen MR) is 65.7 cm³/mol. The van der Waals surface area contributed by atoms with Crippen LogP contribution in [0.5, 0.6) is 0 Å². The molecule has 0 unspecified atom stereocenters. The van der Waals surface area contributed by atoms with E-state index >= 15 is 0 Å². The zero-order valence-electron chi connectivity index (χ0n) is 10.1. The minimum Gasteiger partial charge on any atom is -0.416 e. The third kappa shape index (κ3) is 4.64. The number of hydrogen-bond acceptors (Lipinski definition) is 1. The van der Waals surface area contributed by atoms with E-state index in [0.29, 0.717) is 5.04 Å². The molecule has 0 aliphatic heterocycles. The normalized spacial score (nSPS) is 11.8. The monoisotopic (exact) mass is 210 g/mol. The third-order valence-electron chi connectivity index (χ3n) is 2.70. The van der Waals surface area contributed by atoms with Crippen LogP contribution in [-0.4, -0.2) is 14.9 Å². The van der Waals surface area contributed by atoms with Gasteiger partial charge >= 0.3 is 0 Å². The number of rotatable bonds is 3. The molecule has 0 radical (unpaired) electrons. The Morgan fingerprint density at radius 2 is 1.93 bits per heavy atom. The van der Waals surface area contributed by atoms with E-state index < -0.39 is 8.32 Å². The molecule has 0 saturated heterocycles. The lowest BCUT2D eigenvalue weighted by atomic mass is 10.2. The van der Waals surface area contributed by atoms with Crippen molar-refractivity contribution in [3.8, 4) is 11.8 Å². The van der Waals surface area contributed by atoms with Gasteiger partial charge in [0.15, 0.2) is 8.32 Å². The van der Waals surface area contributed by atoms with E-state index in [4.69, 9.17) is 4.43 Å². The second kappa shape index (κ2) is 5.38. The van der Waals surface area contributed by atoms with Crippen molar-refractivity contribution in [3.63, 3.8) is 0 Å². The van der Waals surface area contributed by atoms with Gasteiger partial charge in [0.1, 0.15) is 0 Å². The molecule has 0 spiro atoms.